The zero-order chi connectivity index (χ0) is 12.0. The van der Waals surface area contributed by atoms with Gasteiger partial charge in [-0.05, 0) is 73.4 Å². The lowest BCUT2D eigenvalue weighted by atomic mass is 10.2. The Hall–Kier alpha value is -0.120. The van der Waals surface area contributed by atoms with Gasteiger partial charge in [-0.3, -0.25) is 0 Å². The Labute approximate surface area is 101 Å². The molecular weight excluding hydrogens is 198 g/mol. The van der Waals surface area contributed by atoms with E-state index in [0.717, 1.165) is 6.04 Å². The molecule has 0 radical (unpaired) electrons. The molecule has 1 N–H and O–H groups in total. The van der Waals surface area contributed by atoms with E-state index in [-0.39, 0.29) is 0 Å². The summed E-state index contributed by atoms with van der Waals surface area (Å²) in [6.07, 6.45) is 5.33. The number of nitrogens with zero attached hydrogens (tertiary/aromatic N) is 2. The summed E-state index contributed by atoms with van der Waals surface area (Å²) in [5.74, 6) is 0. The van der Waals surface area contributed by atoms with Crippen LogP contribution in [-0.4, -0.2) is 62.7 Å². The molecule has 0 bridgehead atoms. The monoisotopic (exact) mass is 227 g/mol. The minimum atomic E-state index is 0.702. The van der Waals surface area contributed by atoms with Gasteiger partial charge in [0.1, 0.15) is 0 Å². The van der Waals surface area contributed by atoms with E-state index in [4.69, 9.17) is 0 Å². The Bertz CT molecular complexity index is 166. The zero-order valence-electron chi connectivity index (χ0n) is 11.5. The molecule has 1 atom stereocenters. The smallest absolute Gasteiger partial charge is 0.00759 e. The molecule has 0 aromatic rings. The highest BCUT2D eigenvalue weighted by molar-refractivity contribution is 4.81. The predicted octanol–water partition coefficient (Wildman–Crippen LogP) is 1.40. The molecule has 1 aliphatic carbocycles. The SMILES string of the molecule is CC(CCNC1CC1)N(C)CCCN(C)C. The first-order valence-corrected chi connectivity index (χ1v) is 6.68. The van der Waals surface area contributed by atoms with Crippen molar-refractivity contribution < 1.29 is 0 Å². The first-order chi connectivity index (χ1) is 7.59. The molecule has 1 saturated carbocycles. The Kier molecular flexibility index (Phi) is 6.32. The fraction of sp³-hybridized carbons (Fsp3) is 1.00. The summed E-state index contributed by atoms with van der Waals surface area (Å²) < 4.78 is 0. The van der Waals surface area contributed by atoms with Crippen LogP contribution in [0.1, 0.15) is 32.6 Å². The third-order valence-corrected chi connectivity index (χ3v) is 3.44. The molecule has 16 heavy (non-hydrogen) atoms. The summed E-state index contributed by atoms with van der Waals surface area (Å²) in [4.78, 5) is 4.74. The third-order valence-electron chi connectivity index (χ3n) is 3.44. The van der Waals surface area contributed by atoms with Crippen LogP contribution in [0.15, 0.2) is 0 Å². The van der Waals surface area contributed by atoms with E-state index in [1.807, 2.05) is 0 Å². The number of rotatable bonds is 9. The van der Waals surface area contributed by atoms with Crippen LogP contribution in [0.4, 0.5) is 0 Å². The van der Waals surface area contributed by atoms with Crippen LogP contribution < -0.4 is 5.32 Å². The lowest BCUT2D eigenvalue weighted by molar-refractivity contribution is 0.231. The van der Waals surface area contributed by atoms with Gasteiger partial charge in [-0.2, -0.15) is 0 Å². The van der Waals surface area contributed by atoms with E-state index in [0.29, 0.717) is 6.04 Å². The second-order valence-electron chi connectivity index (χ2n) is 5.50. The Morgan fingerprint density at radius 1 is 1.19 bits per heavy atom. The highest BCUT2D eigenvalue weighted by Gasteiger charge is 2.20. The average Bonchev–Trinajstić information content (AvgIpc) is 3.00. The molecule has 1 fully saturated rings. The van der Waals surface area contributed by atoms with Crippen LogP contribution in [0.2, 0.25) is 0 Å². The summed E-state index contributed by atoms with van der Waals surface area (Å²) in [7, 11) is 6.53. The minimum Gasteiger partial charge on any atom is -0.314 e. The molecule has 1 aliphatic rings. The maximum absolute atomic E-state index is 3.58. The average molecular weight is 227 g/mol. The van der Waals surface area contributed by atoms with Crippen molar-refractivity contribution in [1.82, 2.24) is 15.1 Å². The lowest BCUT2D eigenvalue weighted by Gasteiger charge is -2.25. The van der Waals surface area contributed by atoms with Gasteiger partial charge in [0.2, 0.25) is 0 Å². The maximum Gasteiger partial charge on any atom is 0.00759 e. The Morgan fingerprint density at radius 2 is 1.88 bits per heavy atom. The van der Waals surface area contributed by atoms with Gasteiger partial charge in [0.15, 0.2) is 0 Å². The van der Waals surface area contributed by atoms with Gasteiger partial charge in [0.05, 0.1) is 0 Å². The fourth-order valence-electron chi connectivity index (χ4n) is 1.86. The fourth-order valence-corrected chi connectivity index (χ4v) is 1.86. The molecule has 0 aliphatic heterocycles. The van der Waals surface area contributed by atoms with Gasteiger partial charge in [-0.25, -0.2) is 0 Å². The Morgan fingerprint density at radius 3 is 2.44 bits per heavy atom. The van der Waals surface area contributed by atoms with Crippen LogP contribution in [0.5, 0.6) is 0 Å². The van der Waals surface area contributed by atoms with Gasteiger partial charge in [-0.1, -0.05) is 0 Å². The first kappa shape index (κ1) is 13.9. The van der Waals surface area contributed by atoms with Crippen molar-refractivity contribution in [3.63, 3.8) is 0 Å². The van der Waals surface area contributed by atoms with Crippen LogP contribution in [0.3, 0.4) is 0 Å². The van der Waals surface area contributed by atoms with E-state index in [9.17, 15) is 0 Å². The summed E-state index contributed by atoms with van der Waals surface area (Å²) in [6, 6.07) is 1.56. The molecule has 1 unspecified atom stereocenters. The first-order valence-electron chi connectivity index (χ1n) is 6.68. The van der Waals surface area contributed by atoms with Crippen molar-refractivity contribution in [3.05, 3.63) is 0 Å². The van der Waals surface area contributed by atoms with Gasteiger partial charge in [0.25, 0.3) is 0 Å². The van der Waals surface area contributed by atoms with Crippen molar-refractivity contribution >= 4 is 0 Å². The van der Waals surface area contributed by atoms with Crippen LogP contribution in [0.25, 0.3) is 0 Å². The minimum absolute atomic E-state index is 0.702. The third kappa shape index (κ3) is 6.46. The standard InChI is InChI=1S/C13H29N3/c1-12(8-9-14-13-6-7-13)16(4)11-5-10-15(2)3/h12-14H,5-11H2,1-4H3. The van der Waals surface area contributed by atoms with E-state index >= 15 is 0 Å². The summed E-state index contributed by atoms with van der Waals surface area (Å²) in [5.41, 5.74) is 0. The molecule has 0 aromatic heterocycles. The zero-order valence-corrected chi connectivity index (χ0v) is 11.5. The summed E-state index contributed by atoms with van der Waals surface area (Å²) >= 11 is 0. The topological polar surface area (TPSA) is 18.5 Å². The van der Waals surface area contributed by atoms with Crippen LogP contribution in [0, 0.1) is 0 Å². The molecule has 96 valence electrons. The van der Waals surface area contributed by atoms with E-state index < -0.39 is 0 Å². The van der Waals surface area contributed by atoms with Gasteiger partial charge in [0, 0.05) is 12.1 Å². The predicted molar refractivity (Wildman–Crippen MR) is 70.9 cm³/mol. The molecule has 3 heteroatoms. The molecular formula is C13H29N3. The van der Waals surface area contributed by atoms with Gasteiger partial charge in [-0.15, -0.1) is 0 Å². The quantitative estimate of drug-likeness (QED) is 0.642. The van der Waals surface area contributed by atoms with Crippen molar-refractivity contribution in [3.8, 4) is 0 Å². The molecule has 0 amide bonds. The van der Waals surface area contributed by atoms with Gasteiger partial charge >= 0.3 is 0 Å². The number of hydrogen-bond acceptors (Lipinski definition) is 3. The number of hydrogen-bond donors (Lipinski definition) is 1. The molecule has 0 heterocycles. The maximum atomic E-state index is 3.58. The van der Waals surface area contributed by atoms with Crippen LogP contribution in [-0.2, 0) is 0 Å². The Balaban J connectivity index is 1.97. The van der Waals surface area contributed by atoms with E-state index in [2.05, 4.69) is 43.2 Å². The second kappa shape index (κ2) is 7.25. The van der Waals surface area contributed by atoms with Gasteiger partial charge < -0.3 is 15.1 Å². The molecule has 0 spiro atoms. The largest absolute Gasteiger partial charge is 0.314 e. The molecule has 1 rings (SSSR count). The molecule has 0 aromatic carbocycles. The normalized spacial score (nSPS) is 18.4. The summed E-state index contributed by atoms with van der Waals surface area (Å²) in [6.45, 7) is 5.92. The van der Waals surface area contributed by atoms with E-state index in [1.165, 1.54) is 45.3 Å². The highest BCUT2D eigenvalue weighted by atomic mass is 15.1. The van der Waals surface area contributed by atoms with Crippen molar-refractivity contribution in [2.75, 3.05) is 40.8 Å². The van der Waals surface area contributed by atoms with E-state index in [1.54, 1.807) is 0 Å². The van der Waals surface area contributed by atoms with Crippen molar-refractivity contribution in [2.45, 2.75) is 44.7 Å². The summed E-state index contributed by atoms with van der Waals surface area (Å²) in [5, 5.41) is 3.58. The highest BCUT2D eigenvalue weighted by Crippen LogP contribution is 2.18. The molecule has 0 saturated heterocycles. The van der Waals surface area contributed by atoms with Crippen molar-refractivity contribution in [2.24, 2.45) is 0 Å². The number of nitrogens with one attached hydrogen (secondary N) is 1. The second-order valence-corrected chi connectivity index (χ2v) is 5.50. The van der Waals surface area contributed by atoms with Crippen LogP contribution >= 0.6 is 0 Å². The molecule has 3 nitrogen and oxygen atoms in total. The van der Waals surface area contributed by atoms with Crippen molar-refractivity contribution in [1.29, 1.82) is 0 Å². The lowest BCUT2D eigenvalue weighted by Crippen LogP contribution is -2.34.